The van der Waals surface area contributed by atoms with E-state index in [1.165, 1.54) is 0 Å². The number of ether oxygens (including phenoxy) is 1. The molecule has 0 aromatic carbocycles. The van der Waals surface area contributed by atoms with Crippen molar-refractivity contribution in [3.63, 3.8) is 0 Å². The van der Waals surface area contributed by atoms with Crippen molar-refractivity contribution in [1.82, 2.24) is 0 Å². The number of nitrogens with two attached hydrogens (primary N) is 1. The van der Waals surface area contributed by atoms with Crippen LogP contribution in [0.1, 0.15) is 6.42 Å². The number of hydrogen-bond acceptors (Lipinski definition) is 2. The van der Waals surface area contributed by atoms with Gasteiger partial charge in [-0.3, -0.25) is 0 Å². The summed E-state index contributed by atoms with van der Waals surface area (Å²) in [4.78, 5) is 0. The highest BCUT2D eigenvalue weighted by Gasteiger charge is 2.95. The van der Waals surface area contributed by atoms with Gasteiger partial charge in [-0.05, 0) is 0 Å². The monoisotopic (exact) mass is 507 g/mol. The Balaban J connectivity index is 6.37. The van der Waals surface area contributed by atoms with Crippen LogP contribution in [-0.2, 0) is 4.74 Å². The van der Waals surface area contributed by atoms with Crippen LogP contribution in [0.4, 0.5) is 74.6 Å². The molecule has 19 heteroatoms. The summed E-state index contributed by atoms with van der Waals surface area (Å²) in [7, 11) is 0. The quantitative estimate of drug-likeness (QED) is 0.302. The minimum atomic E-state index is -8.61. The fraction of sp³-hybridized carbons (Fsp3) is 1.00. The Morgan fingerprint density at radius 1 is 0.452 bits per heavy atom. The number of rotatable bonds is 11. The van der Waals surface area contributed by atoms with E-state index in [9.17, 15) is 74.6 Å². The van der Waals surface area contributed by atoms with E-state index in [4.69, 9.17) is 5.73 Å². The second kappa shape index (κ2) is 8.26. The van der Waals surface area contributed by atoms with Gasteiger partial charge in [-0.2, -0.15) is 74.6 Å². The molecule has 0 aromatic rings. The maximum Gasteiger partial charge on any atom is 0.460 e. The van der Waals surface area contributed by atoms with Crippen LogP contribution in [0.5, 0.6) is 0 Å². The molecule has 0 amide bonds. The highest BCUT2D eigenvalue weighted by molar-refractivity contribution is 5.15. The second-order valence-electron chi connectivity index (χ2n) is 5.80. The van der Waals surface area contributed by atoms with Crippen molar-refractivity contribution < 1.29 is 79.4 Å². The Morgan fingerprint density at radius 2 is 0.774 bits per heavy atom. The summed E-state index contributed by atoms with van der Waals surface area (Å²) in [5.74, 6) is -56.2. The van der Waals surface area contributed by atoms with Crippen molar-refractivity contribution in [3.05, 3.63) is 0 Å². The molecule has 0 atom stereocenters. The molecule has 0 aliphatic rings. The first-order valence-electron chi connectivity index (χ1n) is 7.30. The molecule has 0 aromatic heterocycles. The van der Waals surface area contributed by atoms with Crippen LogP contribution >= 0.6 is 0 Å². The molecule has 0 spiro atoms. The van der Waals surface area contributed by atoms with E-state index < -0.39 is 73.8 Å². The van der Waals surface area contributed by atoms with Gasteiger partial charge in [-0.15, -0.1) is 0 Å². The zero-order chi connectivity index (χ0) is 25.5. The van der Waals surface area contributed by atoms with Crippen LogP contribution in [0, 0.1) is 0 Å². The van der Waals surface area contributed by atoms with Crippen molar-refractivity contribution in [2.24, 2.45) is 5.73 Å². The summed E-state index contributed by atoms with van der Waals surface area (Å²) in [6, 6.07) is 0. The van der Waals surface area contributed by atoms with E-state index in [0.29, 0.717) is 0 Å². The van der Waals surface area contributed by atoms with E-state index in [0.717, 1.165) is 0 Å². The molecule has 0 radical (unpaired) electrons. The molecule has 0 heterocycles. The molecule has 0 fully saturated rings. The molecule has 188 valence electrons. The minimum absolute atomic E-state index is 0.453. The molecule has 0 rings (SSSR count). The highest BCUT2D eigenvalue weighted by Crippen LogP contribution is 2.64. The van der Waals surface area contributed by atoms with E-state index in [2.05, 4.69) is 4.74 Å². The molecule has 0 saturated heterocycles. The summed E-state index contributed by atoms with van der Waals surface area (Å²) in [5.41, 5.74) is 4.77. The van der Waals surface area contributed by atoms with Crippen LogP contribution < -0.4 is 5.73 Å². The minimum Gasteiger partial charge on any atom is -0.380 e. The van der Waals surface area contributed by atoms with Gasteiger partial charge in [-0.25, -0.2) is 0 Å². The summed E-state index contributed by atoms with van der Waals surface area (Å²) < 4.78 is 224. The molecule has 0 aliphatic heterocycles. The number of halogens is 17. The van der Waals surface area contributed by atoms with E-state index in [-0.39, 0.29) is 0 Å². The van der Waals surface area contributed by atoms with Crippen molar-refractivity contribution in [1.29, 1.82) is 0 Å². The number of hydrogen-bond donors (Lipinski definition) is 1. The predicted molar refractivity (Wildman–Crippen MR) is 65.2 cm³/mol. The van der Waals surface area contributed by atoms with E-state index >= 15 is 0 Å². The average Bonchev–Trinajstić information content (AvgIpc) is 2.56. The molecule has 0 aliphatic carbocycles. The predicted octanol–water partition coefficient (Wildman–Crippen LogP) is 5.36. The van der Waals surface area contributed by atoms with Gasteiger partial charge < -0.3 is 10.5 Å². The van der Waals surface area contributed by atoms with Crippen molar-refractivity contribution in [2.75, 3.05) is 19.8 Å². The highest BCUT2D eigenvalue weighted by atomic mass is 19.4. The smallest absolute Gasteiger partial charge is 0.380 e. The lowest BCUT2D eigenvalue weighted by molar-refractivity contribution is -0.462. The zero-order valence-corrected chi connectivity index (χ0v) is 14.2. The SMILES string of the molecule is NCCOCCC(F)(F)C(F)(F)C(F)(F)C(F)(F)C(F)(F)C(F)(F)C(F)(F)C(F)(F)F. The van der Waals surface area contributed by atoms with Gasteiger partial charge >= 0.3 is 47.6 Å². The molecule has 0 bridgehead atoms. The first-order chi connectivity index (χ1) is 13.3. The molecular formula is C12H10F17NO. The van der Waals surface area contributed by atoms with Gasteiger partial charge in [0.1, 0.15) is 0 Å². The standard InChI is InChI=1S/C12H10F17NO/c13-5(14,1-3-31-4-2-30)6(15,16)7(17,18)8(19,20)9(21,22)10(23,24)11(25,26)12(27,28)29/h1-4,30H2. The molecule has 2 N–H and O–H groups in total. The van der Waals surface area contributed by atoms with Crippen molar-refractivity contribution >= 4 is 0 Å². The fourth-order valence-electron chi connectivity index (χ4n) is 1.74. The lowest BCUT2D eigenvalue weighted by atomic mass is 9.88. The number of alkyl halides is 17. The molecular weight excluding hydrogens is 497 g/mol. The van der Waals surface area contributed by atoms with Crippen LogP contribution in [-0.4, -0.2) is 67.4 Å². The van der Waals surface area contributed by atoms with Gasteiger partial charge in [0, 0.05) is 13.0 Å². The topological polar surface area (TPSA) is 35.2 Å². The Kier molecular flexibility index (Phi) is 7.92. The van der Waals surface area contributed by atoms with Gasteiger partial charge in [0.05, 0.1) is 13.2 Å². The van der Waals surface area contributed by atoms with E-state index in [1.807, 2.05) is 0 Å². The van der Waals surface area contributed by atoms with Gasteiger partial charge in [0.2, 0.25) is 0 Å². The van der Waals surface area contributed by atoms with Crippen molar-refractivity contribution in [2.45, 2.75) is 54.1 Å². The summed E-state index contributed by atoms with van der Waals surface area (Å²) in [6.07, 6.45) is -10.4. The maximum atomic E-state index is 13.4. The lowest BCUT2D eigenvalue weighted by Gasteiger charge is -2.42. The first kappa shape index (κ1) is 29.7. The third-order valence-electron chi connectivity index (χ3n) is 3.61. The van der Waals surface area contributed by atoms with Gasteiger partial charge in [-0.1, -0.05) is 0 Å². The van der Waals surface area contributed by atoms with Crippen LogP contribution in [0.3, 0.4) is 0 Å². The van der Waals surface area contributed by atoms with E-state index in [1.54, 1.807) is 0 Å². The Hall–Kier alpha value is -1.27. The third-order valence-corrected chi connectivity index (χ3v) is 3.61. The normalized spacial score (nSPS) is 16.1. The Morgan fingerprint density at radius 3 is 1.10 bits per heavy atom. The molecule has 0 unspecified atom stereocenters. The lowest BCUT2D eigenvalue weighted by Crippen LogP contribution is -2.74. The molecule has 2 nitrogen and oxygen atoms in total. The van der Waals surface area contributed by atoms with Crippen LogP contribution in [0.2, 0.25) is 0 Å². The molecule has 0 saturated carbocycles. The first-order valence-corrected chi connectivity index (χ1v) is 7.30. The zero-order valence-electron chi connectivity index (χ0n) is 14.2. The Bertz CT molecular complexity index is 611. The average molecular weight is 507 g/mol. The molecule has 31 heavy (non-hydrogen) atoms. The summed E-state index contributed by atoms with van der Waals surface area (Å²) in [6.45, 7) is -2.77. The van der Waals surface area contributed by atoms with Crippen molar-refractivity contribution in [3.8, 4) is 0 Å². The maximum absolute atomic E-state index is 13.4. The summed E-state index contributed by atoms with van der Waals surface area (Å²) in [5, 5.41) is 0. The third kappa shape index (κ3) is 4.35. The summed E-state index contributed by atoms with van der Waals surface area (Å²) >= 11 is 0. The van der Waals surface area contributed by atoms with Gasteiger partial charge in [0.25, 0.3) is 0 Å². The second-order valence-corrected chi connectivity index (χ2v) is 5.80. The largest absolute Gasteiger partial charge is 0.460 e. The van der Waals surface area contributed by atoms with Crippen LogP contribution in [0.15, 0.2) is 0 Å². The van der Waals surface area contributed by atoms with Crippen LogP contribution in [0.25, 0.3) is 0 Å². The Labute approximate surface area is 160 Å². The fourth-order valence-corrected chi connectivity index (χ4v) is 1.74. The van der Waals surface area contributed by atoms with Gasteiger partial charge in [0.15, 0.2) is 0 Å².